The van der Waals surface area contributed by atoms with E-state index in [4.69, 9.17) is 4.74 Å². The first-order chi connectivity index (χ1) is 15.0. The van der Waals surface area contributed by atoms with E-state index in [1.165, 1.54) is 22.3 Å². The van der Waals surface area contributed by atoms with Gasteiger partial charge >= 0.3 is 0 Å². The third kappa shape index (κ3) is 5.64. The van der Waals surface area contributed by atoms with Gasteiger partial charge in [0.1, 0.15) is 11.5 Å². The Hall–Kier alpha value is -3.32. The molecule has 3 aromatic rings. The molecule has 0 amide bonds. The lowest BCUT2D eigenvalue weighted by Crippen LogP contribution is -2.16. The lowest BCUT2D eigenvalue weighted by atomic mass is 9.79. The highest BCUT2D eigenvalue weighted by atomic mass is 16.5. The summed E-state index contributed by atoms with van der Waals surface area (Å²) in [5, 5.41) is 0. The van der Waals surface area contributed by atoms with Gasteiger partial charge < -0.3 is 4.74 Å². The molecule has 1 aliphatic rings. The summed E-state index contributed by atoms with van der Waals surface area (Å²) in [4.78, 5) is 0. The van der Waals surface area contributed by atoms with Crippen LogP contribution in [0.25, 0.3) is 0 Å². The lowest BCUT2D eigenvalue weighted by Gasteiger charge is -2.30. The van der Waals surface area contributed by atoms with Crippen LogP contribution in [0.1, 0.15) is 50.3 Å². The lowest BCUT2D eigenvalue weighted by molar-refractivity contribution is 0.400. The number of allylic oxidation sites excluding steroid dienone is 5. The van der Waals surface area contributed by atoms with E-state index in [1.54, 1.807) is 0 Å². The molecule has 1 aliphatic heterocycles. The van der Waals surface area contributed by atoms with Crippen molar-refractivity contribution in [3.05, 3.63) is 137 Å². The number of hydrogen-bond acceptors (Lipinski definition) is 1. The van der Waals surface area contributed by atoms with Crippen LogP contribution in [0.5, 0.6) is 5.75 Å². The van der Waals surface area contributed by atoms with Gasteiger partial charge in [-0.3, -0.25) is 0 Å². The van der Waals surface area contributed by atoms with Gasteiger partial charge in [0.2, 0.25) is 0 Å². The second-order valence-corrected chi connectivity index (χ2v) is 8.04. The first kappa shape index (κ1) is 22.4. The smallest absolute Gasteiger partial charge is 0.131 e. The van der Waals surface area contributed by atoms with Crippen molar-refractivity contribution in [3.8, 4) is 5.75 Å². The van der Waals surface area contributed by atoms with Gasteiger partial charge in [0.05, 0.1) is 0 Å². The summed E-state index contributed by atoms with van der Waals surface area (Å²) in [6, 6.07) is 29.3. The maximum Gasteiger partial charge on any atom is 0.131 e. The van der Waals surface area contributed by atoms with E-state index < -0.39 is 0 Å². The Kier molecular flexibility index (Phi) is 7.67. The van der Waals surface area contributed by atoms with E-state index in [9.17, 15) is 0 Å². The molecule has 0 N–H and O–H groups in total. The van der Waals surface area contributed by atoms with E-state index in [-0.39, 0.29) is 5.92 Å². The largest absolute Gasteiger partial charge is 0.461 e. The summed E-state index contributed by atoms with van der Waals surface area (Å²) in [5.41, 5.74) is 7.29. The third-order valence-electron chi connectivity index (χ3n) is 5.35. The summed E-state index contributed by atoms with van der Waals surface area (Å²) < 4.78 is 6.09. The molecule has 3 aromatic carbocycles. The van der Waals surface area contributed by atoms with Crippen molar-refractivity contribution in [1.82, 2.24) is 0 Å². The Morgan fingerprint density at radius 3 is 2.03 bits per heavy atom. The van der Waals surface area contributed by atoms with Crippen molar-refractivity contribution < 1.29 is 4.74 Å². The molecule has 0 aliphatic carbocycles. The number of ether oxygens (including phenoxy) is 1. The second kappa shape index (κ2) is 10.6. The van der Waals surface area contributed by atoms with Crippen molar-refractivity contribution in [3.63, 3.8) is 0 Å². The summed E-state index contributed by atoms with van der Waals surface area (Å²) in [6.07, 6.45) is 3.27. The first-order valence-corrected chi connectivity index (χ1v) is 10.9. The molecule has 1 atom stereocenters. The van der Waals surface area contributed by atoms with Crippen molar-refractivity contribution in [1.29, 1.82) is 0 Å². The van der Waals surface area contributed by atoms with E-state index in [2.05, 4.69) is 100 Å². The second-order valence-electron chi connectivity index (χ2n) is 8.04. The van der Waals surface area contributed by atoms with E-state index >= 15 is 0 Å². The standard InChI is InChI=1S/C22H22O.C8H10/c1-15(2)14-16(3)21-17(4)23-20-13-9-8-12-19(20)22(21)18-10-6-5-7-11-18;1-2-8-6-4-3-5-7-8/h5-14,22H,3H2,1-2,4H3;3-7H,2H2,1H3/t22-;/m1./s1. The van der Waals surface area contributed by atoms with E-state index in [0.29, 0.717) is 0 Å². The average molecular weight is 409 g/mol. The van der Waals surface area contributed by atoms with Crippen molar-refractivity contribution >= 4 is 0 Å². The molecule has 4 rings (SSSR count). The molecule has 1 heteroatoms. The van der Waals surface area contributed by atoms with Crippen LogP contribution >= 0.6 is 0 Å². The topological polar surface area (TPSA) is 9.23 Å². The summed E-state index contributed by atoms with van der Waals surface area (Å²) in [7, 11) is 0. The highest BCUT2D eigenvalue weighted by Gasteiger charge is 2.29. The minimum absolute atomic E-state index is 0.157. The quantitative estimate of drug-likeness (QED) is 0.395. The summed E-state index contributed by atoms with van der Waals surface area (Å²) in [6.45, 7) is 12.7. The van der Waals surface area contributed by atoms with Gasteiger partial charge in [0.25, 0.3) is 0 Å². The first-order valence-electron chi connectivity index (χ1n) is 10.9. The molecule has 1 nitrogen and oxygen atoms in total. The van der Waals surface area contributed by atoms with Crippen LogP contribution in [0.3, 0.4) is 0 Å². The van der Waals surface area contributed by atoms with Crippen LogP contribution < -0.4 is 4.74 Å². The van der Waals surface area contributed by atoms with Gasteiger partial charge in [0, 0.05) is 17.1 Å². The van der Waals surface area contributed by atoms with Gasteiger partial charge in [-0.05, 0) is 50.0 Å². The van der Waals surface area contributed by atoms with Crippen molar-refractivity contribution in [2.75, 3.05) is 0 Å². The van der Waals surface area contributed by atoms with Gasteiger partial charge in [0.15, 0.2) is 0 Å². The number of fused-ring (bicyclic) bond motifs is 1. The van der Waals surface area contributed by atoms with Gasteiger partial charge in [-0.1, -0.05) is 104 Å². The fourth-order valence-corrected chi connectivity index (χ4v) is 3.93. The molecule has 0 unspecified atom stereocenters. The number of aryl methyl sites for hydroxylation is 1. The average Bonchev–Trinajstić information content (AvgIpc) is 2.79. The van der Waals surface area contributed by atoms with Gasteiger partial charge in [-0.2, -0.15) is 0 Å². The summed E-state index contributed by atoms with van der Waals surface area (Å²) >= 11 is 0. The van der Waals surface area contributed by atoms with Crippen molar-refractivity contribution in [2.24, 2.45) is 0 Å². The molecule has 0 aromatic heterocycles. The van der Waals surface area contributed by atoms with E-state index in [0.717, 1.165) is 29.1 Å². The Labute approximate surface area is 187 Å². The molecule has 158 valence electrons. The number of rotatable bonds is 4. The predicted octanol–water partition coefficient (Wildman–Crippen LogP) is 8.26. The Balaban J connectivity index is 0.000000287. The fraction of sp³-hybridized carbons (Fsp3) is 0.200. The predicted molar refractivity (Wildman–Crippen MR) is 132 cm³/mol. The number of para-hydroxylation sites is 1. The minimum Gasteiger partial charge on any atom is -0.461 e. The Bertz CT molecular complexity index is 1070. The Morgan fingerprint density at radius 1 is 0.871 bits per heavy atom. The van der Waals surface area contributed by atoms with Crippen LogP contribution in [0.2, 0.25) is 0 Å². The van der Waals surface area contributed by atoms with Crippen LogP contribution in [0.4, 0.5) is 0 Å². The minimum atomic E-state index is 0.157. The zero-order chi connectivity index (χ0) is 22.2. The highest BCUT2D eigenvalue weighted by molar-refractivity contribution is 5.58. The maximum absolute atomic E-state index is 6.09. The zero-order valence-corrected chi connectivity index (χ0v) is 19.1. The molecule has 31 heavy (non-hydrogen) atoms. The molecule has 0 spiro atoms. The van der Waals surface area contributed by atoms with Gasteiger partial charge in [-0.15, -0.1) is 0 Å². The molecular formula is C30H32O. The normalized spacial score (nSPS) is 14.5. The molecule has 0 radical (unpaired) electrons. The van der Waals surface area contributed by atoms with E-state index in [1.807, 2.05) is 25.1 Å². The third-order valence-corrected chi connectivity index (χ3v) is 5.35. The van der Waals surface area contributed by atoms with Crippen LogP contribution in [0.15, 0.2) is 120 Å². The van der Waals surface area contributed by atoms with Crippen LogP contribution in [-0.4, -0.2) is 0 Å². The molecule has 0 fully saturated rings. The monoisotopic (exact) mass is 408 g/mol. The van der Waals surface area contributed by atoms with Crippen molar-refractivity contribution in [2.45, 2.75) is 40.0 Å². The Morgan fingerprint density at radius 2 is 1.45 bits per heavy atom. The SMILES string of the molecule is C=C(C=C(C)C)C1=C(C)Oc2ccccc2[C@H]1c1ccccc1.CCc1ccccc1. The molecule has 0 bridgehead atoms. The number of hydrogen-bond donors (Lipinski definition) is 0. The van der Waals surface area contributed by atoms with Crippen LogP contribution in [0, 0.1) is 0 Å². The molecule has 0 saturated carbocycles. The fourth-order valence-electron chi connectivity index (χ4n) is 3.93. The number of benzene rings is 3. The molecule has 0 saturated heterocycles. The molecular weight excluding hydrogens is 376 g/mol. The van der Waals surface area contributed by atoms with Crippen LogP contribution in [-0.2, 0) is 6.42 Å². The summed E-state index contributed by atoms with van der Waals surface area (Å²) in [5.74, 6) is 2.02. The zero-order valence-electron chi connectivity index (χ0n) is 19.1. The van der Waals surface area contributed by atoms with Gasteiger partial charge in [-0.25, -0.2) is 0 Å². The molecule has 1 heterocycles. The highest BCUT2D eigenvalue weighted by Crippen LogP contribution is 2.45. The maximum atomic E-state index is 6.09.